The van der Waals surface area contributed by atoms with Crippen molar-refractivity contribution in [3.8, 4) is 12.0 Å². The molecular weight excluding hydrogens is 382 g/mol. The van der Waals surface area contributed by atoms with Crippen molar-refractivity contribution >= 4 is 17.0 Å². The van der Waals surface area contributed by atoms with E-state index in [0.29, 0.717) is 35.6 Å². The highest BCUT2D eigenvalue weighted by molar-refractivity contribution is 5.83. The summed E-state index contributed by atoms with van der Waals surface area (Å²) in [4.78, 5) is 18.5. The normalized spacial score (nSPS) is 18.2. The van der Waals surface area contributed by atoms with Gasteiger partial charge in [-0.2, -0.15) is 15.0 Å². The summed E-state index contributed by atoms with van der Waals surface area (Å²) in [6.45, 7) is 10.5. The van der Waals surface area contributed by atoms with Gasteiger partial charge in [0.05, 0.1) is 13.7 Å². The molecule has 1 saturated carbocycles. The van der Waals surface area contributed by atoms with Gasteiger partial charge in [-0.1, -0.05) is 13.3 Å². The largest absolute Gasteiger partial charge is 0.468 e. The first-order valence-electron chi connectivity index (χ1n) is 11.3. The number of unbranched alkanes of at least 4 members (excludes halogenated alkanes) is 1. The molecule has 2 fully saturated rings. The molecule has 9 heteroatoms. The smallest absolute Gasteiger partial charge is 0.320 e. The number of aryl methyl sites for hydroxylation is 1. The average Bonchev–Trinajstić information content (AvgIpc) is 3.49. The first-order valence-corrected chi connectivity index (χ1v) is 11.3. The molecule has 1 aliphatic carbocycles. The lowest BCUT2D eigenvalue weighted by Crippen LogP contribution is -2.47. The van der Waals surface area contributed by atoms with Gasteiger partial charge in [0, 0.05) is 39.3 Å². The number of hydrogen-bond acceptors (Lipinski definition) is 8. The number of nitrogens with two attached hydrogens (primary N) is 1. The maximum atomic E-state index is 6.12. The van der Waals surface area contributed by atoms with E-state index < -0.39 is 0 Å². The number of rotatable bonds is 11. The highest BCUT2D eigenvalue weighted by Crippen LogP contribution is 2.30. The Hall–Kier alpha value is -2.13. The average molecular weight is 418 g/mol. The van der Waals surface area contributed by atoms with Crippen molar-refractivity contribution < 1.29 is 9.47 Å². The third-order valence-corrected chi connectivity index (χ3v) is 6.01. The maximum Gasteiger partial charge on any atom is 0.320 e. The van der Waals surface area contributed by atoms with Crippen molar-refractivity contribution in [3.63, 3.8) is 0 Å². The van der Waals surface area contributed by atoms with Gasteiger partial charge in [0.15, 0.2) is 17.0 Å². The molecule has 9 nitrogen and oxygen atoms in total. The second kappa shape index (κ2) is 9.78. The Morgan fingerprint density at radius 1 is 1.00 bits per heavy atom. The van der Waals surface area contributed by atoms with Crippen molar-refractivity contribution in [1.82, 2.24) is 29.3 Å². The van der Waals surface area contributed by atoms with Crippen LogP contribution in [0.2, 0.25) is 0 Å². The second-order valence-electron chi connectivity index (χ2n) is 8.45. The highest BCUT2D eigenvalue weighted by atomic mass is 16.5. The Kier molecular flexibility index (Phi) is 6.89. The van der Waals surface area contributed by atoms with Gasteiger partial charge in [-0.05, 0) is 38.1 Å². The van der Waals surface area contributed by atoms with E-state index in [1.165, 1.54) is 32.5 Å². The van der Waals surface area contributed by atoms with E-state index in [-0.39, 0.29) is 0 Å². The summed E-state index contributed by atoms with van der Waals surface area (Å²) in [6, 6.07) is 0.829. The van der Waals surface area contributed by atoms with Gasteiger partial charge in [-0.3, -0.25) is 4.57 Å². The number of hydrogen-bond donors (Lipinski definition) is 1. The third-order valence-electron chi connectivity index (χ3n) is 6.01. The number of imidazole rings is 1. The molecule has 0 atom stereocenters. The number of fused-ring (bicyclic) bond motifs is 1. The van der Waals surface area contributed by atoms with Gasteiger partial charge in [0.25, 0.3) is 6.01 Å². The topological polar surface area (TPSA) is 94.6 Å². The fourth-order valence-electron chi connectivity index (χ4n) is 4.02. The van der Waals surface area contributed by atoms with Crippen LogP contribution < -0.4 is 15.2 Å². The van der Waals surface area contributed by atoms with E-state index >= 15 is 0 Å². The SMILES string of the molecule is CCCCOc1nc(N)c2nc(OC)n(CCCN3CCN(CC4CC4)CC3)c2n1. The molecule has 0 spiro atoms. The van der Waals surface area contributed by atoms with Crippen molar-refractivity contribution in [2.75, 3.05) is 58.7 Å². The molecule has 30 heavy (non-hydrogen) atoms. The van der Waals surface area contributed by atoms with E-state index in [1.54, 1.807) is 7.11 Å². The molecule has 0 unspecified atom stereocenters. The zero-order valence-corrected chi connectivity index (χ0v) is 18.3. The zero-order chi connectivity index (χ0) is 20.9. The van der Waals surface area contributed by atoms with Gasteiger partial charge >= 0.3 is 6.01 Å². The number of nitrogens with zero attached hydrogens (tertiary/aromatic N) is 6. The molecule has 2 N–H and O–H groups in total. The quantitative estimate of drug-likeness (QED) is 0.555. The number of nitrogen functional groups attached to an aromatic ring is 1. The van der Waals surface area contributed by atoms with Gasteiger partial charge in [0.1, 0.15) is 0 Å². The van der Waals surface area contributed by atoms with Crippen LogP contribution in [0.5, 0.6) is 12.0 Å². The van der Waals surface area contributed by atoms with Crippen LogP contribution >= 0.6 is 0 Å². The summed E-state index contributed by atoms with van der Waals surface area (Å²) < 4.78 is 13.2. The lowest BCUT2D eigenvalue weighted by Gasteiger charge is -2.34. The first-order chi connectivity index (χ1) is 14.7. The van der Waals surface area contributed by atoms with Crippen molar-refractivity contribution in [2.24, 2.45) is 5.92 Å². The fourth-order valence-corrected chi connectivity index (χ4v) is 4.02. The third kappa shape index (κ3) is 5.13. The van der Waals surface area contributed by atoms with Crippen LogP contribution in [0.3, 0.4) is 0 Å². The van der Waals surface area contributed by atoms with Crippen LogP contribution in [0.1, 0.15) is 39.0 Å². The van der Waals surface area contributed by atoms with E-state index in [2.05, 4.69) is 31.7 Å². The van der Waals surface area contributed by atoms with Crippen molar-refractivity contribution in [3.05, 3.63) is 0 Å². The molecule has 1 aliphatic heterocycles. The van der Waals surface area contributed by atoms with E-state index in [1.807, 2.05) is 4.57 Å². The molecule has 0 amide bonds. The standard InChI is InChI=1S/C21H35N7O2/c1-3-4-14-30-20-24-18(22)17-19(25-20)28(21(23-17)29-2)9-5-8-26-10-12-27(13-11-26)15-16-6-7-16/h16H,3-15H2,1-2H3,(H2,22,24,25). The summed E-state index contributed by atoms with van der Waals surface area (Å²) in [5.74, 6) is 1.30. The van der Waals surface area contributed by atoms with E-state index in [0.717, 1.165) is 51.4 Å². The van der Waals surface area contributed by atoms with E-state index in [9.17, 15) is 0 Å². The zero-order valence-electron chi connectivity index (χ0n) is 18.3. The maximum absolute atomic E-state index is 6.12. The molecule has 2 aromatic heterocycles. The van der Waals surface area contributed by atoms with Gasteiger partial charge in [-0.15, -0.1) is 0 Å². The molecule has 3 heterocycles. The van der Waals surface area contributed by atoms with Gasteiger partial charge < -0.3 is 25.0 Å². The Labute approximate surface area is 178 Å². The van der Waals surface area contributed by atoms with Gasteiger partial charge in [0.2, 0.25) is 0 Å². The van der Waals surface area contributed by atoms with Crippen LogP contribution in [0.25, 0.3) is 11.2 Å². The molecule has 0 bridgehead atoms. The minimum absolute atomic E-state index is 0.309. The van der Waals surface area contributed by atoms with E-state index in [4.69, 9.17) is 15.2 Å². The monoisotopic (exact) mass is 417 g/mol. The summed E-state index contributed by atoms with van der Waals surface area (Å²) in [5.41, 5.74) is 7.37. The Morgan fingerprint density at radius 3 is 2.47 bits per heavy atom. The van der Waals surface area contributed by atoms with Crippen molar-refractivity contribution in [2.45, 2.75) is 45.6 Å². The molecule has 0 radical (unpaired) electrons. The Bertz CT molecular complexity index is 828. The molecule has 166 valence electrons. The molecular formula is C21H35N7O2. The molecule has 4 rings (SSSR count). The summed E-state index contributed by atoms with van der Waals surface area (Å²) in [7, 11) is 1.62. The lowest BCUT2D eigenvalue weighted by molar-refractivity contribution is 0.126. The predicted octanol–water partition coefficient (Wildman–Crippen LogP) is 2.01. The fraction of sp³-hybridized carbons (Fsp3) is 0.762. The Morgan fingerprint density at radius 2 is 1.77 bits per heavy atom. The second-order valence-corrected chi connectivity index (χ2v) is 8.45. The van der Waals surface area contributed by atoms with Crippen LogP contribution in [-0.2, 0) is 6.54 Å². The summed E-state index contributed by atoms with van der Waals surface area (Å²) in [5, 5.41) is 0. The summed E-state index contributed by atoms with van der Waals surface area (Å²) in [6.07, 6.45) is 5.87. The number of ether oxygens (including phenoxy) is 2. The van der Waals surface area contributed by atoms with Crippen molar-refractivity contribution in [1.29, 1.82) is 0 Å². The van der Waals surface area contributed by atoms with Gasteiger partial charge in [-0.25, -0.2) is 0 Å². The first kappa shape index (κ1) is 21.1. The molecule has 2 aromatic rings. The highest BCUT2D eigenvalue weighted by Gasteiger charge is 2.26. The predicted molar refractivity (Wildman–Crippen MR) is 117 cm³/mol. The van der Waals surface area contributed by atoms with Crippen LogP contribution in [0.15, 0.2) is 0 Å². The van der Waals surface area contributed by atoms with Crippen LogP contribution in [0.4, 0.5) is 5.82 Å². The van der Waals surface area contributed by atoms with Crippen LogP contribution in [-0.4, -0.2) is 82.3 Å². The molecule has 1 saturated heterocycles. The number of aromatic nitrogens is 4. The lowest BCUT2D eigenvalue weighted by atomic mass is 10.2. The Balaban J connectivity index is 1.36. The number of piperazine rings is 1. The summed E-state index contributed by atoms with van der Waals surface area (Å²) >= 11 is 0. The van der Waals surface area contributed by atoms with Crippen LogP contribution in [0, 0.1) is 5.92 Å². The molecule has 0 aromatic carbocycles. The minimum atomic E-state index is 0.309. The molecule has 2 aliphatic rings. The minimum Gasteiger partial charge on any atom is -0.468 e. The number of anilines is 1. The number of methoxy groups -OCH3 is 1.